The van der Waals surface area contributed by atoms with Crippen LogP contribution in [0.15, 0.2) is 34.9 Å². The minimum absolute atomic E-state index is 0.0386. The van der Waals surface area contributed by atoms with Crippen molar-refractivity contribution in [3.05, 3.63) is 53.5 Å². The van der Waals surface area contributed by atoms with E-state index in [0.29, 0.717) is 12.3 Å². The molecule has 1 amide bonds. The Morgan fingerprint density at radius 3 is 2.83 bits per heavy atom. The van der Waals surface area contributed by atoms with E-state index in [1.165, 1.54) is 23.2 Å². The van der Waals surface area contributed by atoms with Gasteiger partial charge in [-0.3, -0.25) is 4.79 Å². The number of amides is 1. The summed E-state index contributed by atoms with van der Waals surface area (Å²) in [7, 11) is 1.59. The quantitative estimate of drug-likeness (QED) is 0.783. The maximum absolute atomic E-state index is 13.4. The first kappa shape index (κ1) is 12.3. The van der Waals surface area contributed by atoms with Crippen molar-refractivity contribution in [2.45, 2.75) is 13.5 Å². The average molecular weight is 248 g/mol. The Labute approximate surface area is 104 Å². The van der Waals surface area contributed by atoms with E-state index >= 15 is 0 Å². The van der Waals surface area contributed by atoms with Gasteiger partial charge in [0.15, 0.2) is 0 Å². The predicted molar refractivity (Wildman–Crippen MR) is 63.4 cm³/mol. The largest absolute Gasteiger partial charge is 0.464 e. The normalized spacial score (nSPS) is 10.4. The van der Waals surface area contributed by atoms with Crippen LogP contribution < -0.4 is 0 Å². The van der Waals surface area contributed by atoms with Crippen molar-refractivity contribution < 1.29 is 13.6 Å². The third-order valence-electron chi connectivity index (χ3n) is 2.53. The highest BCUT2D eigenvalue weighted by molar-refractivity contribution is 5.93. The highest BCUT2D eigenvalue weighted by Crippen LogP contribution is 2.12. The number of pyridine rings is 1. The molecule has 0 radical (unpaired) electrons. The standard InChI is InChI=1S/C13H13FN2O2/c1-9-5-6-10(18-9)8-16(2)13(17)11-4-3-7-15-12(11)14/h3-7H,8H2,1-2H3. The van der Waals surface area contributed by atoms with E-state index in [1.807, 2.05) is 13.0 Å². The molecule has 0 aromatic carbocycles. The Morgan fingerprint density at radius 1 is 1.44 bits per heavy atom. The molecule has 2 aromatic heterocycles. The zero-order valence-electron chi connectivity index (χ0n) is 10.2. The van der Waals surface area contributed by atoms with Crippen molar-refractivity contribution in [3.8, 4) is 0 Å². The molecule has 0 saturated heterocycles. The number of aromatic nitrogens is 1. The summed E-state index contributed by atoms with van der Waals surface area (Å²) < 4.78 is 18.7. The number of nitrogens with zero attached hydrogens (tertiary/aromatic N) is 2. The van der Waals surface area contributed by atoms with Gasteiger partial charge in [0.1, 0.15) is 11.5 Å². The zero-order valence-corrected chi connectivity index (χ0v) is 10.2. The molecular formula is C13H13FN2O2. The molecule has 0 aliphatic heterocycles. The average Bonchev–Trinajstić information content (AvgIpc) is 2.74. The van der Waals surface area contributed by atoms with Crippen LogP contribution in [0.2, 0.25) is 0 Å². The lowest BCUT2D eigenvalue weighted by molar-refractivity contribution is 0.0769. The van der Waals surface area contributed by atoms with E-state index in [9.17, 15) is 9.18 Å². The molecule has 0 atom stereocenters. The van der Waals surface area contributed by atoms with Gasteiger partial charge in [0.2, 0.25) is 5.95 Å². The lowest BCUT2D eigenvalue weighted by atomic mass is 10.2. The summed E-state index contributed by atoms with van der Waals surface area (Å²) in [6.07, 6.45) is 1.31. The van der Waals surface area contributed by atoms with Crippen molar-refractivity contribution >= 4 is 5.91 Å². The lowest BCUT2D eigenvalue weighted by Gasteiger charge is -2.15. The summed E-state index contributed by atoms with van der Waals surface area (Å²) in [4.78, 5) is 16.8. The van der Waals surface area contributed by atoms with E-state index < -0.39 is 11.9 Å². The van der Waals surface area contributed by atoms with Gasteiger partial charge in [-0.1, -0.05) is 0 Å². The van der Waals surface area contributed by atoms with Crippen LogP contribution in [-0.4, -0.2) is 22.8 Å². The number of aryl methyl sites for hydroxylation is 1. The third kappa shape index (κ3) is 2.56. The fourth-order valence-electron chi connectivity index (χ4n) is 1.63. The summed E-state index contributed by atoms with van der Waals surface area (Å²) in [6, 6.07) is 6.55. The molecule has 0 unspecified atom stereocenters. The summed E-state index contributed by atoms with van der Waals surface area (Å²) in [5.41, 5.74) is -0.0386. The number of halogens is 1. The highest BCUT2D eigenvalue weighted by Gasteiger charge is 2.17. The van der Waals surface area contributed by atoms with Crippen molar-refractivity contribution in [1.29, 1.82) is 0 Å². The minimum atomic E-state index is -0.759. The van der Waals surface area contributed by atoms with Gasteiger partial charge in [0, 0.05) is 13.2 Å². The molecule has 18 heavy (non-hydrogen) atoms. The molecule has 0 fully saturated rings. The number of furan rings is 1. The molecule has 0 bridgehead atoms. The van der Waals surface area contributed by atoms with Gasteiger partial charge in [-0.2, -0.15) is 4.39 Å². The maximum atomic E-state index is 13.4. The van der Waals surface area contributed by atoms with Gasteiger partial charge in [-0.05, 0) is 31.2 Å². The lowest BCUT2D eigenvalue weighted by Crippen LogP contribution is -2.27. The van der Waals surface area contributed by atoms with Crippen LogP contribution in [0.4, 0.5) is 4.39 Å². The Morgan fingerprint density at radius 2 is 2.22 bits per heavy atom. The van der Waals surface area contributed by atoms with Gasteiger partial charge < -0.3 is 9.32 Å². The van der Waals surface area contributed by atoms with Crippen LogP contribution in [0.5, 0.6) is 0 Å². The molecule has 2 heterocycles. The van der Waals surface area contributed by atoms with Gasteiger partial charge in [0.05, 0.1) is 12.1 Å². The summed E-state index contributed by atoms with van der Waals surface area (Å²) in [5, 5.41) is 0. The van der Waals surface area contributed by atoms with Crippen molar-refractivity contribution in [2.75, 3.05) is 7.05 Å². The highest BCUT2D eigenvalue weighted by atomic mass is 19.1. The van der Waals surface area contributed by atoms with E-state index in [1.54, 1.807) is 13.1 Å². The summed E-state index contributed by atoms with van der Waals surface area (Å²) in [5.74, 6) is 0.255. The van der Waals surface area contributed by atoms with E-state index in [-0.39, 0.29) is 5.56 Å². The topological polar surface area (TPSA) is 46.3 Å². The van der Waals surface area contributed by atoms with Crippen LogP contribution in [0.1, 0.15) is 21.9 Å². The minimum Gasteiger partial charge on any atom is -0.464 e. The predicted octanol–water partition coefficient (Wildman–Crippen LogP) is 2.39. The SMILES string of the molecule is Cc1ccc(CN(C)C(=O)c2cccnc2F)o1. The zero-order chi connectivity index (χ0) is 13.1. The molecule has 0 aliphatic rings. The van der Waals surface area contributed by atoms with Gasteiger partial charge in [-0.15, -0.1) is 0 Å². The fraction of sp³-hybridized carbons (Fsp3) is 0.231. The molecule has 0 saturated carbocycles. The molecule has 0 aliphatic carbocycles. The molecule has 4 nitrogen and oxygen atoms in total. The molecule has 0 N–H and O–H groups in total. The first-order valence-electron chi connectivity index (χ1n) is 5.49. The van der Waals surface area contributed by atoms with E-state index in [4.69, 9.17) is 4.42 Å². The number of hydrogen-bond acceptors (Lipinski definition) is 3. The Bertz CT molecular complexity index is 566. The summed E-state index contributed by atoms with van der Waals surface area (Å²) in [6.45, 7) is 2.12. The maximum Gasteiger partial charge on any atom is 0.258 e. The van der Waals surface area contributed by atoms with Crippen molar-refractivity contribution in [2.24, 2.45) is 0 Å². The van der Waals surface area contributed by atoms with E-state index in [0.717, 1.165) is 5.76 Å². The first-order valence-corrected chi connectivity index (χ1v) is 5.49. The number of carbonyl (C=O) groups excluding carboxylic acids is 1. The fourth-order valence-corrected chi connectivity index (χ4v) is 1.63. The molecule has 2 aromatic rings. The van der Waals surface area contributed by atoms with Crippen LogP contribution in [0.25, 0.3) is 0 Å². The number of hydrogen-bond donors (Lipinski definition) is 0. The van der Waals surface area contributed by atoms with Gasteiger partial charge in [0.25, 0.3) is 5.91 Å². The second-order valence-electron chi connectivity index (χ2n) is 4.02. The number of carbonyl (C=O) groups is 1. The second-order valence-corrected chi connectivity index (χ2v) is 4.02. The molecule has 0 spiro atoms. The monoisotopic (exact) mass is 248 g/mol. The molecular weight excluding hydrogens is 235 g/mol. The van der Waals surface area contributed by atoms with E-state index in [2.05, 4.69) is 4.98 Å². The van der Waals surface area contributed by atoms with Crippen LogP contribution in [0.3, 0.4) is 0 Å². The third-order valence-corrected chi connectivity index (χ3v) is 2.53. The molecule has 2 rings (SSSR count). The van der Waals surface area contributed by atoms with Crippen LogP contribution in [0, 0.1) is 12.9 Å². The second kappa shape index (κ2) is 5.00. The van der Waals surface area contributed by atoms with Gasteiger partial charge >= 0.3 is 0 Å². The Kier molecular flexibility index (Phi) is 3.41. The Balaban J connectivity index is 2.12. The summed E-state index contributed by atoms with van der Waals surface area (Å²) >= 11 is 0. The van der Waals surface area contributed by atoms with Crippen molar-refractivity contribution in [3.63, 3.8) is 0 Å². The molecule has 5 heteroatoms. The smallest absolute Gasteiger partial charge is 0.258 e. The molecule has 94 valence electrons. The Hall–Kier alpha value is -2.17. The van der Waals surface area contributed by atoms with Gasteiger partial charge in [-0.25, -0.2) is 4.98 Å². The first-order chi connectivity index (χ1) is 8.58. The van der Waals surface area contributed by atoms with Crippen LogP contribution >= 0.6 is 0 Å². The number of rotatable bonds is 3. The van der Waals surface area contributed by atoms with Crippen LogP contribution in [-0.2, 0) is 6.54 Å². The van der Waals surface area contributed by atoms with Crippen molar-refractivity contribution in [1.82, 2.24) is 9.88 Å².